The Labute approximate surface area is 93.9 Å². The lowest BCUT2D eigenvalue weighted by atomic mass is 10.2. The molecule has 1 aromatic heterocycles. The van der Waals surface area contributed by atoms with E-state index in [-0.39, 0.29) is 11.7 Å². The van der Waals surface area contributed by atoms with E-state index in [0.717, 1.165) is 5.82 Å². The van der Waals surface area contributed by atoms with Gasteiger partial charge in [0.25, 0.3) is 0 Å². The third-order valence-electron chi connectivity index (χ3n) is 2.38. The standard InChI is InChI=1S/C12H14FN3/c1-8(2)12-14-9(3)16(15-12)11-7-5-4-6-10(11)13/h4-8H,1-3H3. The molecule has 0 N–H and O–H groups in total. The summed E-state index contributed by atoms with van der Waals surface area (Å²) >= 11 is 0. The molecule has 3 nitrogen and oxygen atoms in total. The Bertz CT molecular complexity index is 503. The first-order valence-corrected chi connectivity index (χ1v) is 5.28. The molecule has 0 aliphatic rings. The highest BCUT2D eigenvalue weighted by Crippen LogP contribution is 2.16. The monoisotopic (exact) mass is 219 g/mol. The van der Waals surface area contributed by atoms with Crippen molar-refractivity contribution in [2.75, 3.05) is 0 Å². The first-order chi connectivity index (χ1) is 7.59. The molecule has 0 fully saturated rings. The van der Waals surface area contributed by atoms with E-state index in [1.807, 2.05) is 20.8 Å². The van der Waals surface area contributed by atoms with Crippen molar-refractivity contribution in [2.24, 2.45) is 0 Å². The van der Waals surface area contributed by atoms with Crippen LogP contribution in [0.15, 0.2) is 24.3 Å². The van der Waals surface area contributed by atoms with Gasteiger partial charge in [0.2, 0.25) is 0 Å². The van der Waals surface area contributed by atoms with Crippen LogP contribution >= 0.6 is 0 Å². The Morgan fingerprint density at radius 1 is 1.25 bits per heavy atom. The maximum Gasteiger partial charge on any atom is 0.153 e. The van der Waals surface area contributed by atoms with E-state index in [9.17, 15) is 4.39 Å². The largest absolute Gasteiger partial charge is 0.216 e. The molecule has 0 unspecified atom stereocenters. The van der Waals surface area contributed by atoms with Gasteiger partial charge in [-0.25, -0.2) is 14.1 Å². The summed E-state index contributed by atoms with van der Waals surface area (Å²) in [4.78, 5) is 4.31. The van der Waals surface area contributed by atoms with Gasteiger partial charge >= 0.3 is 0 Å². The number of para-hydroxylation sites is 1. The fourth-order valence-electron chi connectivity index (χ4n) is 1.51. The molecule has 0 radical (unpaired) electrons. The summed E-state index contributed by atoms with van der Waals surface area (Å²) in [5, 5.41) is 4.31. The minimum atomic E-state index is -0.286. The molecule has 1 heterocycles. The molecule has 0 bridgehead atoms. The zero-order valence-corrected chi connectivity index (χ0v) is 9.61. The van der Waals surface area contributed by atoms with Crippen LogP contribution in [0.2, 0.25) is 0 Å². The number of nitrogens with zero attached hydrogens (tertiary/aromatic N) is 3. The Hall–Kier alpha value is -1.71. The van der Waals surface area contributed by atoms with Gasteiger partial charge in [0.1, 0.15) is 17.3 Å². The van der Waals surface area contributed by atoms with Crippen LogP contribution in [0.1, 0.15) is 31.4 Å². The Kier molecular flexibility index (Phi) is 2.73. The van der Waals surface area contributed by atoms with Gasteiger partial charge in [0.05, 0.1) is 0 Å². The second-order valence-electron chi connectivity index (χ2n) is 4.04. The van der Waals surface area contributed by atoms with E-state index in [0.29, 0.717) is 11.5 Å². The van der Waals surface area contributed by atoms with E-state index in [1.165, 1.54) is 6.07 Å². The van der Waals surface area contributed by atoms with Crippen LogP contribution in [0.5, 0.6) is 0 Å². The van der Waals surface area contributed by atoms with Crippen LogP contribution in [0.4, 0.5) is 4.39 Å². The van der Waals surface area contributed by atoms with E-state index in [1.54, 1.807) is 22.9 Å². The third-order valence-corrected chi connectivity index (χ3v) is 2.38. The molecule has 16 heavy (non-hydrogen) atoms. The summed E-state index contributed by atoms with van der Waals surface area (Å²) in [7, 11) is 0. The summed E-state index contributed by atoms with van der Waals surface area (Å²) in [6, 6.07) is 6.57. The molecule has 84 valence electrons. The van der Waals surface area contributed by atoms with Gasteiger partial charge in [-0.05, 0) is 19.1 Å². The van der Waals surface area contributed by atoms with Gasteiger partial charge < -0.3 is 0 Å². The zero-order valence-electron chi connectivity index (χ0n) is 9.61. The van der Waals surface area contributed by atoms with Crippen molar-refractivity contribution in [3.8, 4) is 5.69 Å². The molecule has 0 saturated heterocycles. The Morgan fingerprint density at radius 2 is 1.94 bits per heavy atom. The molecule has 2 aromatic rings. The van der Waals surface area contributed by atoms with Crippen LogP contribution in [-0.2, 0) is 0 Å². The fraction of sp³-hybridized carbons (Fsp3) is 0.333. The number of aromatic nitrogens is 3. The first-order valence-electron chi connectivity index (χ1n) is 5.28. The summed E-state index contributed by atoms with van der Waals surface area (Å²) in [5.41, 5.74) is 0.444. The van der Waals surface area contributed by atoms with E-state index < -0.39 is 0 Å². The molecule has 0 spiro atoms. The second-order valence-corrected chi connectivity index (χ2v) is 4.04. The molecular weight excluding hydrogens is 205 g/mol. The minimum absolute atomic E-state index is 0.242. The summed E-state index contributed by atoms with van der Waals surface area (Å²) in [5.74, 6) is 1.40. The third kappa shape index (κ3) is 1.83. The average molecular weight is 219 g/mol. The van der Waals surface area contributed by atoms with Crippen LogP contribution in [0.3, 0.4) is 0 Å². The Morgan fingerprint density at radius 3 is 2.50 bits per heavy atom. The molecule has 0 atom stereocenters. The number of rotatable bonds is 2. The van der Waals surface area contributed by atoms with Crippen molar-refractivity contribution < 1.29 is 4.39 Å². The van der Waals surface area contributed by atoms with Crippen molar-refractivity contribution in [1.29, 1.82) is 0 Å². The van der Waals surface area contributed by atoms with Crippen LogP contribution in [-0.4, -0.2) is 14.8 Å². The van der Waals surface area contributed by atoms with Crippen LogP contribution in [0, 0.1) is 12.7 Å². The van der Waals surface area contributed by atoms with Gasteiger partial charge in [-0.2, -0.15) is 5.10 Å². The van der Waals surface area contributed by atoms with Gasteiger partial charge in [-0.1, -0.05) is 26.0 Å². The van der Waals surface area contributed by atoms with Gasteiger partial charge in [-0.15, -0.1) is 0 Å². The molecular formula is C12H14FN3. The highest BCUT2D eigenvalue weighted by molar-refractivity contribution is 5.33. The molecule has 4 heteroatoms. The molecule has 0 aliphatic carbocycles. The maximum absolute atomic E-state index is 13.6. The van der Waals surface area contributed by atoms with E-state index in [2.05, 4.69) is 10.1 Å². The van der Waals surface area contributed by atoms with Crippen molar-refractivity contribution in [3.63, 3.8) is 0 Å². The number of aryl methyl sites for hydroxylation is 1. The number of halogens is 1. The van der Waals surface area contributed by atoms with Gasteiger partial charge in [0.15, 0.2) is 5.82 Å². The molecule has 0 aliphatic heterocycles. The van der Waals surface area contributed by atoms with Crippen molar-refractivity contribution in [2.45, 2.75) is 26.7 Å². The number of hydrogen-bond acceptors (Lipinski definition) is 2. The number of benzene rings is 1. The average Bonchev–Trinajstić information content (AvgIpc) is 2.61. The Balaban J connectivity index is 2.52. The first kappa shape index (κ1) is 10.8. The lowest BCUT2D eigenvalue weighted by Gasteiger charge is -2.03. The normalized spacial score (nSPS) is 11.1. The minimum Gasteiger partial charge on any atom is -0.216 e. The van der Waals surface area contributed by atoms with Gasteiger partial charge in [-0.3, -0.25) is 0 Å². The quantitative estimate of drug-likeness (QED) is 0.777. The maximum atomic E-state index is 13.6. The highest BCUT2D eigenvalue weighted by atomic mass is 19.1. The summed E-state index contributed by atoms with van der Waals surface area (Å²) < 4.78 is 15.1. The van der Waals surface area contributed by atoms with Crippen LogP contribution in [0.25, 0.3) is 5.69 Å². The van der Waals surface area contributed by atoms with Gasteiger partial charge in [0, 0.05) is 5.92 Å². The smallest absolute Gasteiger partial charge is 0.153 e. The molecule has 1 aromatic carbocycles. The fourth-order valence-corrected chi connectivity index (χ4v) is 1.51. The number of hydrogen-bond donors (Lipinski definition) is 0. The lowest BCUT2D eigenvalue weighted by molar-refractivity contribution is 0.606. The van der Waals surface area contributed by atoms with E-state index >= 15 is 0 Å². The molecule has 0 amide bonds. The van der Waals surface area contributed by atoms with Crippen molar-refractivity contribution in [1.82, 2.24) is 14.8 Å². The van der Waals surface area contributed by atoms with E-state index in [4.69, 9.17) is 0 Å². The zero-order chi connectivity index (χ0) is 11.7. The predicted octanol–water partition coefficient (Wildman–Crippen LogP) is 2.84. The van der Waals surface area contributed by atoms with Crippen molar-refractivity contribution in [3.05, 3.63) is 41.7 Å². The SMILES string of the molecule is Cc1nc(C(C)C)nn1-c1ccccc1F. The highest BCUT2D eigenvalue weighted by Gasteiger charge is 2.12. The molecule has 2 rings (SSSR count). The van der Waals surface area contributed by atoms with Crippen molar-refractivity contribution >= 4 is 0 Å². The predicted molar refractivity (Wildman–Crippen MR) is 60.1 cm³/mol. The van der Waals surface area contributed by atoms with Crippen LogP contribution < -0.4 is 0 Å². The summed E-state index contributed by atoms with van der Waals surface area (Å²) in [6.45, 7) is 5.85. The molecule has 0 saturated carbocycles. The topological polar surface area (TPSA) is 30.7 Å². The summed E-state index contributed by atoms with van der Waals surface area (Å²) in [6.07, 6.45) is 0. The lowest BCUT2D eigenvalue weighted by Crippen LogP contribution is -2.02. The second kappa shape index (κ2) is 4.04.